The lowest BCUT2D eigenvalue weighted by Crippen LogP contribution is -2.54. The van der Waals surface area contributed by atoms with E-state index in [-0.39, 0.29) is 28.7 Å². The van der Waals surface area contributed by atoms with Crippen LogP contribution in [0.4, 0.5) is 0 Å². The Kier molecular flexibility index (Phi) is 7.85. The number of ether oxygens (including phenoxy) is 1. The average Bonchev–Trinajstić information content (AvgIpc) is 3.29. The van der Waals surface area contributed by atoms with E-state index in [0.717, 1.165) is 0 Å². The van der Waals surface area contributed by atoms with Crippen molar-refractivity contribution in [2.24, 2.45) is 5.41 Å². The number of carbonyl (C=O) groups is 3. The monoisotopic (exact) mass is 480 g/mol. The van der Waals surface area contributed by atoms with Crippen molar-refractivity contribution in [3.05, 3.63) is 17.7 Å². The maximum Gasteiger partial charge on any atom is 0.358 e. The Balaban J connectivity index is 2.42. The lowest BCUT2D eigenvalue weighted by Gasteiger charge is -2.38. The summed E-state index contributed by atoms with van der Waals surface area (Å²) in [6.07, 6.45) is 1.86. The van der Waals surface area contributed by atoms with Crippen LogP contribution in [0.25, 0.3) is 0 Å². The molecule has 2 N–H and O–H groups in total. The molecular weight excluding hydrogens is 440 g/mol. The number of amides is 2. The molecule has 33 heavy (non-hydrogen) atoms. The normalized spacial score (nSPS) is 20.5. The third kappa shape index (κ3) is 6.23. The van der Waals surface area contributed by atoms with E-state index in [1.54, 1.807) is 4.90 Å². The van der Waals surface area contributed by atoms with Gasteiger partial charge in [0.25, 0.3) is 0 Å². The maximum absolute atomic E-state index is 13.8. The van der Waals surface area contributed by atoms with Crippen LogP contribution in [0, 0.1) is 5.41 Å². The van der Waals surface area contributed by atoms with E-state index >= 15 is 0 Å². The second-order valence-corrected chi connectivity index (χ2v) is 16.2. The summed E-state index contributed by atoms with van der Waals surface area (Å²) in [5.41, 5.74) is -0.339. The molecule has 0 aliphatic carbocycles. The third-order valence-corrected chi connectivity index (χ3v) is 11.1. The Hall–Kier alpha value is -2.20. The zero-order chi connectivity index (χ0) is 25.4. The van der Waals surface area contributed by atoms with Crippen molar-refractivity contribution in [2.75, 3.05) is 13.7 Å². The number of aromatic nitrogens is 2. The highest BCUT2D eigenvalue weighted by Crippen LogP contribution is 2.41. The van der Waals surface area contributed by atoms with E-state index in [0.29, 0.717) is 18.8 Å². The van der Waals surface area contributed by atoms with Gasteiger partial charge < -0.3 is 24.4 Å². The Morgan fingerprint density at radius 2 is 1.82 bits per heavy atom. The topological polar surface area (TPSA) is 114 Å². The number of imidazole rings is 1. The number of nitrogens with one attached hydrogen (secondary N) is 2. The van der Waals surface area contributed by atoms with Crippen molar-refractivity contribution in [1.82, 2.24) is 20.2 Å². The van der Waals surface area contributed by atoms with Crippen molar-refractivity contribution in [3.8, 4) is 0 Å². The first-order valence-corrected chi connectivity index (χ1v) is 14.3. The van der Waals surface area contributed by atoms with Gasteiger partial charge in [0.1, 0.15) is 11.9 Å². The molecule has 0 radical (unpaired) electrons. The molecule has 2 amide bonds. The summed E-state index contributed by atoms with van der Waals surface area (Å²) >= 11 is 0. The molecule has 2 heterocycles. The fourth-order valence-electron chi connectivity index (χ4n) is 3.71. The van der Waals surface area contributed by atoms with Crippen molar-refractivity contribution in [2.45, 2.75) is 91.2 Å². The molecule has 1 aliphatic heterocycles. The molecule has 186 valence electrons. The van der Waals surface area contributed by atoms with Gasteiger partial charge in [-0.05, 0) is 23.5 Å². The van der Waals surface area contributed by atoms with Crippen LogP contribution in [-0.2, 0) is 18.8 Å². The smallest absolute Gasteiger partial charge is 0.358 e. The van der Waals surface area contributed by atoms with Crippen molar-refractivity contribution in [1.29, 1.82) is 0 Å². The molecule has 1 aliphatic rings. The van der Waals surface area contributed by atoms with Gasteiger partial charge in [-0.3, -0.25) is 9.59 Å². The van der Waals surface area contributed by atoms with E-state index in [1.165, 1.54) is 20.2 Å². The van der Waals surface area contributed by atoms with Crippen molar-refractivity contribution < 1.29 is 23.5 Å². The van der Waals surface area contributed by atoms with Gasteiger partial charge in [0.2, 0.25) is 11.8 Å². The minimum atomic E-state index is -2.09. The predicted molar refractivity (Wildman–Crippen MR) is 128 cm³/mol. The minimum Gasteiger partial charge on any atom is -0.464 e. The van der Waals surface area contributed by atoms with E-state index in [2.05, 4.69) is 49.1 Å². The molecule has 0 unspecified atom stereocenters. The Bertz CT molecular complexity index is 884. The van der Waals surface area contributed by atoms with Gasteiger partial charge in [-0.2, -0.15) is 0 Å². The van der Waals surface area contributed by atoms with Gasteiger partial charge in [0.15, 0.2) is 14.0 Å². The highest BCUT2D eigenvalue weighted by Gasteiger charge is 2.47. The highest BCUT2D eigenvalue weighted by molar-refractivity contribution is 6.74. The van der Waals surface area contributed by atoms with Crippen LogP contribution in [0.15, 0.2) is 6.20 Å². The van der Waals surface area contributed by atoms with Crippen LogP contribution in [0.1, 0.15) is 77.2 Å². The summed E-state index contributed by atoms with van der Waals surface area (Å²) in [6, 6.07) is -1.12. The van der Waals surface area contributed by atoms with Gasteiger partial charge in [0.05, 0.1) is 19.3 Å². The Morgan fingerprint density at radius 1 is 1.21 bits per heavy atom. The molecule has 2 rings (SSSR count). The fraction of sp³-hybridized carbons (Fsp3) is 0.739. The summed E-state index contributed by atoms with van der Waals surface area (Å²) < 4.78 is 11.4. The molecule has 1 saturated heterocycles. The van der Waals surface area contributed by atoms with E-state index in [9.17, 15) is 14.4 Å². The molecule has 1 fully saturated rings. The predicted octanol–water partition coefficient (Wildman–Crippen LogP) is 3.41. The molecule has 0 aromatic carbocycles. The molecule has 10 heteroatoms. The second-order valence-electron chi connectivity index (χ2n) is 11.4. The maximum atomic E-state index is 13.8. The Morgan fingerprint density at radius 3 is 2.30 bits per heavy atom. The lowest BCUT2D eigenvalue weighted by molar-refractivity contribution is -0.140. The van der Waals surface area contributed by atoms with Gasteiger partial charge in [0, 0.05) is 26.1 Å². The average molecular weight is 481 g/mol. The number of esters is 1. The number of methoxy groups -OCH3 is 1. The van der Waals surface area contributed by atoms with Gasteiger partial charge in [-0.1, -0.05) is 41.5 Å². The van der Waals surface area contributed by atoms with Gasteiger partial charge in [-0.15, -0.1) is 0 Å². The summed E-state index contributed by atoms with van der Waals surface area (Å²) in [6.45, 7) is 18.5. The van der Waals surface area contributed by atoms with E-state index in [1.807, 2.05) is 20.8 Å². The number of rotatable bonds is 6. The second kappa shape index (κ2) is 9.58. The van der Waals surface area contributed by atoms with Crippen molar-refractivity contribution >= 4 is 26.1 Å². The number of likely N-dealkylation sites (tertiary alicyclic amines) is 1. The highest BCUT2D eigenvalue weighted by atomic mass is 28.4. The van der Waals surface area contributed by atoms with Crippen LogP contribution >= 0.6 is 0 Å². The molecule has 0 spiro atoms. The SMILES string of the molecule is COC(=O)c1c[nH]c([C@@H]2C[C@@H](O[Si](C)(C)C(C)(C)C)CN2C(=O)[C@@H](NC(C)=O)C(C)(C)C)n1. The molecule has 0 saturated carbocycles. The summed E-state index contributed by atoms with van der Waals surface area (Å²) in [5.74, 6) is -0.507. The van der Waals surface area contributed by atoms with Crippen LogP contribution in [0.5, 0.6) is 0 Å². The first-order valence-electron chi connectivity index (χ1n) is 11.4. The standard InChI is InChI=1S/C23H40N4O5Si/c1-14(28)25-18(22(2,3)4)20(29)27-13-15(32-33(9,10)23(5,6)7)11-17(27)19-24-12-16(26-19)21(30)31-8/h12,15,17-18H,11,13H2,1-10H3,(H,24,26)(H,25,28)/t15-,17+,18-/m1/s1. The first-order chi connectivity index (χ1) is 15.0. The quantitative estimate of drug-likeness (QED) is 0.476. The summed E-state index contributed by atoms with van der Waals surface area (Å²) in [7, 11) is -0.788. The first kappa shape index (κ1) is 27.0. The largest absolute Gasteiger partial charge is 0.464 e. The zero-order valence-corrected chi connectivity index (χ0v) is 22.7. The Labute approximate surface area is 198 Å². The van der Waals surface area contributed by atoms with Gasteiger partial charge in [-0.25, -0.2) is 9.78 Å². The number of aromatic amines is 1. The van der Waals surface area contributed by atoms with Gasteiger partial charge >= 0.3 is 5.97 Å². The van der Waals surface area contributed by atoms with Crippen molar-refractivity contribution in [3.63, 3.8) is 0 Å². The van der Waals surface area contributed by atoms with E-state index < -0.39 is 31.8 Å². The molecule has 1 aromatic heterocycles. The van der Waals surface area contributed by atoms with Crippen LogP contribution in [0.3, 0.4) is 0 Å². The molecule has 9 nitrogen and oxygen atoms in total. The number of carbonyl (C=O) groups excluding carboxylic acids is 3. The summed E-state index contributed by atoms with van der Waals surface area (Å²) in [5, 5.41) is 2.84. The lowest BCUT2D eigenvalue weighted by atomic mass is 9.85. The summed E-state index contributed by atoms with van der Waals surface area (Å²) in [4.78, 5) is 46.7. The van der Waals surface area contributed by atoms with Crippen LogP contribution in [-0.4, -0.2) is 66.8 Å². The number of H-pyrrole nitrogens is 1. The number of hydrogen-bond acceptors (Lipinski definition) is 6. The number of nitrogens with zero attached hydrogens (tertiary/aromatic N) is 2. The molecule has 1 aromatic rings. The van der Waals surface area contributed by atoms with Crippen LogP contribution < -0.4 is 5.32 Å². The minimum absolute atomic E-state index is 0.0206. The molecule has 0 bridgehead atoms. The fourth-order valence-corrected chi connectivity index (χ4v) is 5.07. The zero-order valence-electron chi connectivity index (χ0n) is 21.7. The van der Waals surface area contributed by atoms with Crippen LogP contribution in [0.2, 0.25) is 18.1 Å². The number of hydrogen-bond donors (Lipinski definition) is 2. The van der Waals surface area contributed by atoms with E-state index in [4.69, 9.17) is 9.16 Å². The molecule has 3 atom stereocenters. The third-order valence-electron chi connectivity index (χ3n) is 6.58. The molecular formula is C23H40N4O5Si.